The van der Waals surface area contributed by atoms with E-state index in [4.69, 9.17) is 23.2 Å². The first-order chi connectivity index (χ1) is 9.15. The molecule has 1 N–H and O–H groups in total. The minimum absolute atomic E-state index is 0.555. The largest absolute Gasteiger partial charge is 0.364 e. The van der Waals surface area contributed by atoms with Crippen LogP contribution < -0.4 is 5.32 Å². The maximum absolute atomic E-state index is 6.03. The highest BCUT2D eigenvalue weighted by Gasteiger charge is 2.26. The maximum Gasteiger partial charge on any atom is 0.133 e. The van der Waals surface area contributed by atoms with Gasteiger partial charge in [-0.15, -0.1) is 0 Å². The first kappa shape index (κ1) is 12.8. The second-order valence-corrected chi connectivity index (χ2v) is 5.53. The summed E-state index contributed by atoms with van der Waals surface area (Å²) < 4.78 is 1.86. The van der Waals surface area contributed by atoms with Crippen LogP contribution in [0.5, 0.6) is 0 Å². The van der Waals surface area contributed by atoms with Crippen LogP contribution in [0.3, 0.4) is 0 Å². The summed E-state index contributed by atoms with van der Waals surface area (Å²) >= 11 is 12.0. The van der Waals surface area contributed by atoms with E-state index in [1.54, 1.807) is 6.20 Å². The number of hydrogen-bond acceptors (Lipinski definition) is 3. The Hall–Kier alpha value is -1.26. The summed E-state index contributed by atoms with van der Waals surface area (Å²) in [4.78, 5) is 8.80. The zero-order chi connectivity index (χ0) is 13.4. The molecule has 0 saturated heterocycles. The molecule has 1 aliphatic rings. The lowest BCUT2D eigenvalue weighted by Gasteiger charge is -2.08. The van der Waals surface area contributed by atoms with Crippen molar-refractivity contribution in [1.82, 2.24) is 14.5 Å². The Labute approximate surface area is 121 Å². The standard InChI is InChI=1S/C13H14Cl2N4/c1-19-9(6-10(14)12(19)15)7-17-11-4-5-16-13(18-11)8-2-3-8/h4-6,8H,2-3,7H2,1H3,(H,16,17,18). The molecule has 6 heteroatoms. The molecule has 0 spiro atoms. The lowest BCUT2D eigenvalue weighted by molar-refractivity contribution is 0.837. The summed E-state index contributed by atoms with van der Waals surface area (Å²) in [6.07, 6.45) is 4.20. The van der Waals surface area contributed by atoms with Crippen molar-refractivity contribution < 1.29 is 0 Å². The molecule has 0 bridgehead atoms. The topological polar surface area (TPSA) is 42.7 Å². The van der Waals surface area contributed by atoms with Gasteiger partial charge in [0.15, 0.2) is 0 Å². The molecule has 0 radical (unpaired) electrons. The molecule has 0 unspecified atom stereocenters. The molecule has 3 rings (SSSR count). The van der Waals surface area contributed by atoms with Crippen LogP contribution in [0.4, 0.5) is 5.82 Å². The van der Waals surface area contributed by atoms with Crippen LogP contribution in [0.25, 0.3) is 0 Å². The zero-order valence-corrected chi connectivity index (χ0v) is 12.0. The van der Waals surface area contributed by atoms with Gasteiger partial charge in [0, 0.05) is 24.9 Å². The molecule has 19 heavy (non-hydrogen) atoms. The van der Waals surface area contributed by atoms with E-state index in [9.17, 15) is 0 Å². The molecule has 100 valence electrons. The van der Waals surface area contributed by atoms with Crippen LogP contribution in [-0.4, -0.2) is 14.5 Å². The Kier molecular flexibility index (Phi) is 3.37. The third kappa shape index (κ3) is 2.69. The highest BCUT2D eigenvalue weighted by molar-refractivity contribution is 6.41. The molecule has 4 nitrogen and oxygen atoms in total. The van der Waals surface area contributed by atoms with Crippen LogP contribution in [0.2, 0.25) is 10.2 Å². The van der Waals surface area contributed by atoms with Crippen molar-refractivity contribution >= 4 is 29.0 Å². The minimum Gasteiger partial charge on any atom is -0.364 e. The number of halogens is 2. The van der Waals surface area contributed by atoms with Gasteiger partial charge in [-0.1, -0.05) is 23.2 Å². The van der Waals surface area contributed by atoms with Gasteiger partial charge in [-0.2, -0.15) is 0 Å². The summed E-state index contributed by atoms with van der Waals surface area (Å²) in [7, 11) is 1.89. The highest BCUT2D eigenvalue weighted by Crippen LogP contribution is 2.38. The van der Waals surface area contributed by atoms with Gasteiger partial charge in [0.2, 0.25) is 0 Å². The molecule has 1 aliphatic carbocycles. The zero-order valence-electron chi connectivity index (χ0n) is 10.5. The van der Waals surface area contributed by atoms with Gasteiger partial charge in [-0.25, -0.2) is 9.97 Å². The molecular formula is C13H14Cl2N4. The third-order valence-corrected chi connectivity index (χ3v) is 4.13. The van der Waals surface area contributed by atoms with Crippen molar-refractivity contribution in [3.8, 4) is 0 Å². The minimum atomic E-state index is 0.555. The Morgan fingerprint density at radius 2 is 2.21 bits per heavy atom. The monoisotopic (exact) mass is 296 g/mol. The van der Waals surface area contributed by atoms with Crippen molar-refractivity contribution in [2.24, 2.45) is 7.05 Å². The lowest BCUT2D eigenvalue weighted by Crippen LogP contribution is -2.07. The van der Waals surface area contributed by atoms with Crippen LogP contribution in [0, 0.1) is 0 Å². The molecule has 1 fully saturated rings. The van der Waals surface area contributed by atoms with Crippen molar-refractivity contribution in [3.05, 3.63) is 40.0 Å². The molecule has 0 aromatic carbocycles. The van der Waals surface area contributed by atoms with E-state index >= 15 is 0 Å². The quantitative estimate of drug-likeness (QED) is 0.937. The van der Waals surface area contributed by atoms with Crippen molar-refractivity contribution in [3.63, 3.8) is 0 Å². The van der Waals surface area contributed by atoms with Gasteiger partial charge in [0.1, 0.15) is 16.8 Å². The third-order valence-electron chi connectivity index (χ3n) is 3.28. The van der Waals surface area contributed by atoms with Gasteiger partial charge in [-0.3, -0.25) is 0 Å². The van der Waals surface area contributed by atoms with E-state index in [-0.39, 0.29) is 0 Å². The smallest absolute Gasteiger partial charge is 0.133 e. The van der Waals surface area contributed by atoms with Gasteiger partial charge in [0.05, 0.1) is 11.6 Å². The Morgan fingerprint density at radius 1 is 1.42 bits per heavy atom. The first-order valence-electron chi connectivity index (χ1n) is 6.21. The first-order valence-corrected chi connectivity index (χ1v) is 6.97. The van der Waals surface area contributed by atoms with Gasteiger partial charge >= 0.3 is 0 Å². The molecule has 2 heterocycles. The van der Waals surface area contributed by atoms with E-state index < -0.39 is 0 Å². The number of nitrogens with zero attached hydrogens (tertiary/aromatic N) is 3. The molecule has 0 aliphatic heterocycles. The maximum atomic E-state index is 6.03. The molecule has 2 aromatic rings. The summed E-state index contributed by atoms with van der Waals surface area (Å²) in [5.74, 6) is 2.33. The summed E-state index contributed by atoms with van der Waals surface area (Å²) in [5, 5.41) is 4.40. The van der Waals surface area contributed by atoms with Crippen molar-refractivity contribution in [2.45, 2.75) is 25.3 Å². The lowest BCUT2D eigenvalue weighted by atomic mass is 10.4. The average molecular weight is 297 g/mol. The van der Waals surface area contributed by atoms with Gasteiger partial charge < -0.3 is 9.88 Å². The Morgan fingerprint density at radius 3 is 2.84 bits per heavy atom. The fraction of sp³-hybridized carbons (Fsp3) is 0.385. The van der Waals surface area contributed by atoms with Crippen LogP contribution in [0.15, 0.2) is 18.3 Å². The van der Waals surface area contributed by atoms with E-state index in [1.807, 2.05) is 23.7 Å². The number of nitrogens with one attached hydrogen (secondary N) is 1. The molecule has 0 amide bonds. The predicted octanol–water partition coefficient (Wildman–Crippen LogP) is 3.61. The molecule has 1 saturated carbocycles. The fourth-order valence-corrected chi connectivity index (χ4v) is 2.37. The molecule has 2 aromatic heterocycles. The SMILES string of the molecule is Cn1c(CNc2ccnc(C3CC3)n2)cc(Cl)c1Cl. The molecular weight excluding hydrogens is 283 g/mol. The average Bonchev–Trinajstić information content (AvgIpc) is 3.23. The van der Waals surface area contributed by atoms with Crippen LogP contribution >= 0.6 is 23.2 Å². The Balaban J connectivity index is 1.71. The second-order valence-electron chi connectivity index (χ2n) is 4.76. The van der Waals surface area contributed by atoms with Gasteiger partial charge in [0.25, 0.3) is 0 Å². The summed E-state index contributed by atoms with van der Waals surface area (Å²) in [5.41, 5.74) is 1.02. The van der Waals surface area contributed by atoms with E-state index in [0.29, 0.717) is 22.6 Å². The number of aromatic nitrogens is 3. The highest BCUT2D eigenvalue weighted by atomic mass is 35.5. The summed E-state index contributed by atoms with van der Waals surface area (Å²) in [6, 6.07) is 3.73. The number of hydrogen-bond donors (Lipinski definition) is 1. The fourth-order valence-electron chi connectivity index (χ4n) is 1.95. The number of anilines is 1. The van der Waals surface area contributed by atoms with Crippen LogP contribution in [-0.2, 0) is 13.6 Å². The van der Waals surface area contributed by atoms with Gasteiger partial charge in [-0.05, 0) is 25.0 Å². The van der Waals surface area contributed by atoms with E-state index in [1.165, 1.54) is 12.8 Å². The number of rotatable bonds is 4. The van der Waals surface area contributed by atoms with Crippen molar-refractivity contribution in [2.75, 3.05) is 5.32 Å². The van der Waals surface area contributed by atoms with Crippen molar-refractivity contribution in [1.29, 1.82) is 0 Å². The second kappa shape index (κ2) is 5.02. The Bertz CT molecular complexity index is 605. The molecule has 0 atom stereocenters. The summed E-state index contributed by atoms with van der Waals surface area (Å²) in [6.45, 7) is 0.629. The normalized spacial score (nSPS) is 14.7. The van der Waals surface area contributed by atoms with Crippen LogP contribution in [0.1, 0.15) is 30.3 Å². The van der Waals surface area contributed by atoms with E-state index in [0.717, 1.165) is 17.3 Å². The van der Waals surface area contributed by atoms with E-state index in [2.05, 4.69) is 15.3 Å². The predicted molar refractivity (Wildman–Crippen MR) is 76.8 cm³/mol.